The van der Waals surface area contributed by atoms with Crippen LogP contribution in [-0.2, 0) is 17.7 Å². The molecule has 0 N–H and O–H groups in total. The van der Waals surface area contributed by atoms with Gasteiger partial charge >= 0.3 is 11.7 Å². The van der Waals surface area contributed by atoms with Gasteiger partial charge in [-0.1, -0.05) is 18.1 Å². The van der Waals surface area contributed by atoms with Gasteiger partial charge in [0, 0.05) is 18.2 Å². The van der Waals surface area contributed by atoms with Crippen molar-refractivity contribution in [1.29, 1.82) is 0 Å². The highest BCUT2D eigenvalue weighted by Gasteiger charge is 2.20. The number of pyridine rings is 1. The van der Waals surface area contributed by atoms with Crippen LogP contribution in [0.2, 0.25) is 0 Å². The lowest BCUT2D eigenvalue weighted by Crippen LogP contribution is -2.17. The number of rotatable bonds is 5. The van der Waals surface area contributed by atoms with Crippen LogP contribution >= 0.6 is 0 Å². The molecule has 124 valence electrons. The number of nitrogens with zero attached hydrogens (tertiary/aromatic N) is 3. The van der Waals surface area contributed by atoms with Gasteiger partial charge in [0.2, 0.25) is 11.6 Å². The minimum absolute atomic E-state index is 0.0910. The van der Waals surface area contributed by atoms with E-state index in [-0.39, 0.29) is 12.3 Å². The molecule has 8 heteroatoms. The molecule has 24 heavy (non-hydrogen) atoms. The van der Waals surface area contributed by atoms with Crippen LogP contribution < -0.4 is 5.76 Å². The topological polar surface area (TPSA) is 100 Å². The van der Waals surface area contributed by atoms with E-state index in [0.717, 1.165) is 0 Å². The van der Waals surface area contributed by atoms with Crippen molar-refractivity contribution in [2.75, 3.05) is 7.11 Å². The van der Waals surface area contributed by atoms with Crippen LogP contribution in [0.5, 0.6) is 0 Å². The SMILES string of the molecule is CCc1oc(C(=O)OC)cc1Cn1c(-c2ccccn2)noc1=O. The first kappa shape index (κ1) is 15.7. The molecule has 0 aliphatic heterocycles. The summed E-state index contributed by atoms with van der Waals surface area (Å²) in [5.41, 5.74) is 1.19. The molecular formula is C16H15N3O5. The van der Waals surface area contributed by atoms with Crippen molar-refractivity contribution in [2.45, 2.75) is 19.9 Å². The smallest absolute Gasteiger partial charge is 0.442 e. The molecule has 0 aliphatic carbocycles. The van der Waals surface area contributed by atoms with Gasteiger partial charge in [0.05, 0.1) is 13.7 Å². The number of carbonyl (C=O) groups is 1. The van der Waals surface area contributed by atoms with Crippen LogP contribution in [0.1, 0.15) is 28.8 Å². The van der Waals surface area contributed by atoms with Gasteiger partial charge in [0.15, 0.2) is 0 Å². The molecule has 0 radical (unpaired) electrons. The summed E-state index contributed by atoms with van der Waals surface area (Å²) in [4.78, 5) is 27.8. The predicted molar refractivity (Wildman–Crippen MR) is 82.5 cm³/mol. The van der Waals surface area contributed by atoms with E-state index in [1.165, 1.54) is 11.7 Å². The molecule has 0 aliphatic rings. The summed E-state index contributed by atoms with van der Waals surface area (Å²) in [6, 6.07) is 6.84. The highest BCUT2D eigenvalue weighted by Crippen LogP contribution is 2.20. The number of carbonyl (C=O) groups excluding carboxylic acids is 1. The van der Waals surface area contributed by atoms with E-state index in [9.17, 15) is 9.59 Å². The molecule has 0 saturated heterocycles. The maximum absolute atomic E-state index is 12.0. The fourth-order valence-electron chi connectivity index (χ4n) is 2.36. The largest absolute Gasteiger partial charge is 0.463 e. The van der Waals surface area contributed by atoms with Gasteiger partial charge < -0.3 is 9.15 Å². The van der Waals surface area contributed by atoms with Crippen LogP contribution in [0.4, 0.5) is 0 Å². The Labute approximate surface area is 136 Å². The van der Waals surface area contributed by atoms with Crippen molar-refractivity contribution in [3.63, 3.8) is 0 Å². The molecule has 0 amide bonds. The van der Waals surface area contributed by atoms with Gasteiger partial charge in [-0.2, -0.15) is 0 Å². The summed E-state index contributed by atoms with van der Waals surface area (Å²) in [5.74, 6) is -0.190. The Morgan fingerprint density at radius 3 is 2.88 bits per heavy atom. The standard InChI is InChI=1S/C16H15N3O5/c1-3-12-10(8-13(23-12)15(20)22-2)9-19-14(18-24-16(19)21)11-6-4-5-7-17-11/h4-8H,3,9H2,1-2H3. The van der Waals surface area contributed by atoms with Crippen molar-refractivity contribution in [3.8, 4) is 11.5 Å². The molecule has 3 aromatic heterocycles. The molecule has 0 aromatic carbocycles. The number of hydrogen-bond acceptors (Lipinski definition) is 7. The minimum Gasteiger partial charge on any atom is -0.463 e. The highest BCUT2D eigenvalue weighted by atomic mass is 16.5. The number of ether oxygens (including phenoxy) is 1. The van der Waals surface area contributed by atoms with Crippen molar-refractivity contribution in [2.24, 2.45) is 0 Å². The van der Waals surface area contributed by atoms with Gasteiger partial charge in [-0.25, -0.2) is 9.59 Å². The van der Waals surface area contributed by atoms with E-state index in [2.05, 4.69) is 14.9 Å². The zero-order chi connectivity index (χ0) is 17.1. The van der Waals surface area contributed by atoms with Crippen molar-refractivity contribution < 1.29 is 18.5 Å². The Balaban J connectivity index is 2.01. The number of aromatic nitrogens is 3. The molecule has 3 heterocycles. The molecule has 0 spiro atoms. The molecule has 3 aromatic rings. The molecule has 0 atom stereocenters. The molecule has 0 fully saturated rings. The Hall–Kier alpha value is -3.16. The van der Waals surface area contributed by atoms with Gasteiger partial charge in [0.1, 0.15) is 11.5 Å². The monoisotopic (exact) mass is 329 g/mol. The van der Waals surface area contributed by atoms with Crippen LogP contribution in [0.15, 0.2) is 44.2 Å². The van der Waals surface area contributed by atoms with Crippen LogP contribution in [0.25, 0.3) is 11.5 Å². The first-order valence-electron chi connectivity index (χ1n) is 7.31. The fraction of sp³-hybridized carbons (Fsp3) is 0.250. The zero-order valence-corrected chi connectivity index (χ0v) is 13.2. The van der Waals surface area contributed by atoms with Gasteiger partial charge in [0.25, 0.3) is 0 Å². The molecule has 0 unspecified atom stereocenters. The summed E-state index contributed by atoms with van der Waals surface area (Å²) in [7, 11) is 1.28. The summed E-state index contributed by atoms with van der Waals surface area (Å²) < 4.78 is 16.3. The number of esters is 1. The fourth-order valence-corrected chi connectivity index (χ4v) is 2.36. The lowest BCUT2D eigenvalue weighted by molar-refractivity contribution is 0.0563. The summed E-state index contributed by atoms with van der Waals surface area (Å²) in [5, 5.41) is 3.79. The van der Waals surface area contributed by atoms with E-state index < -0.39 is 11.7 Å². The lowest BCUT2D eigenvalue weighted by atomic mass is 10.2. The summed E-state index contributed by atoms with van der Waals surface area (Å²) in [6.07, 6.45) is 2.16. The number of hydrogen-bond donors (Lipinski definition) is 0. The second-order valence-corrected chi connectivity index (χ2v) is 4.98. The normalized spacial score (nSPS) is 10.8. The average Bonchev–Trinajstić information content (AvgIpc) is 3.19. The summed E-state index contributed by atoms with van der Waals surface area (Å²) >= 11 is 0. The second kappa shape index (κ2) is 6.53. The minimum atomic E-state index is -0.612. The predicted octanol–water partition coefficient (Wildman–Crippen LogP) is 1.89. The van der Waals surface area contributed by atoms with Crippen molar-refractivity contribution in [3.05, 3.63) is 58.1 Å². The Morgan fingerprint density at radius 2 is 2.21 bits per heavy atom. The molecule has 8 nitrogen and oxygen atoms in total. The maximum Gasteiger partial charge on any atom is 0.442 e. The Bertz CT molecular complexity index is 907. The first-order valence-corrected chi connectivity index (χ1v) is 7.31. The van der Waals surface area contributed by atoms with E-state index in [1.807, 2.05) is 6.92 Å². The van der Waals surface area contributed by atoms with Gasteiger partial charge in [-0.15, -0.1) is 0 Å². The number of methoxy groups -OCH3 is 1. The summed E-state index contributed by atoms with van der Waals surface area (Å²) in [6.45, 7) is 2.04. The van der Waals surface area contributed by atoms with Gasteiger partial charge in [-0.3, -0.25) is 14.1 Å². The maximum atomic E-state index is 12.0. The average molecular weight is 329 g/mol. The first-order chi connectivity index (χ1) is 11.6. The number of furan rings is 1. The third-order valence-electron chi connectivity index (χ3n) is 3.51. The zero-order valence-electron chi connectivity index (χ0n) is 13.2. The van der Waals surface area contributed by atoms with Crippen molar-refractivity contribution >= 4 is 5.97 Å². The van der Waals surface area contributed by atoms with E-state index in [4.69, 9.17) is 8.94 Å². The molecule has 0 saturated carbocycles. The Morgan fingerprint density at radius 1 is 1.38 bits per heavy atom. The van der Waals surface area contributed by atoms with E-state index in [0.29, 0.717) is 29.3 Å². The highest BCUT2D eigenvalue weighted by molar-refractivity contribution is 5.86. The Kier molecular flexibility index (Phi) is 4.28. The van der Waals surface area contributed by atoms with E-state index >= 15 is 0 Å². The van der Waals surface area contributed by atoms with Crippen molar-refractivity contribution in [1.82, 2.24) is 14.7 Å². The molecule has 0 bridgehead atoms. The third kappa shape index (κ3) is 2.85. The lowest BCUT2D eigenvalue weighted by Gasteiger charge is -2.03. The third-order valence-corrected chi connectivity index (χ3v) is 3.51. The van der Waals surface area contributed by atoms with E-state index in [1.54, 1.807) is 30.5 Å². The van der Waals surface area contributed by atoms with Crippen LogP contribution in [-0.4, -0.2) is 27.8 Å². The molecular weight excluding hydrogens is 314 g/mol. The molecule has 3 rings (SSSR count). The van der Waals surface area contributed by atoms with Gasteiger partial charge in [-0.05, 0) is 18.2 Å². The quantitative estimate of drug-likeness (QED) is 0.659. The second-order valence-electron chi connectivity index (χ2n) is 4.98. The number of aryl methyl sites for hydroxylation is 1. The van der Waals surface area contributed by atoms with Crippen LogP contribution in [0, 0.1) is 0 Å². The van der Waals surface area contributed by atoms with Crippen LogP contribution in [0.3, 0.4) is 0 Å².